The number of benzene rings is 1. The monoisotopic (exact) mass is 343 g/mol. The van der Waals surface area contributed by atoms with E-state index >= 15 is 0 Å². The van der Waals surface area contributed by atoms with Crippen molar-refractivity contribution in [3.63, 3.8) is 0 Å². The molecule has 1 unspecified atom stereocenters. The molecule has 0 N–H and O–H groups in total. The van der Waals surface area contributed by atoms with Crippen LogP contribution in [-0.2, 0) is 11.3 Å². The first-order chi connectivity index (χ1) is 12.1. The third kappa shape index (κ3) is 4.75. The molecule has 134 valence electrons. The summed E-state index contributed by atoms with van der Waals surface area (Å²) >= 11 is 0. The number of rotatable bonds is 6. The molecule has 1 aliphatic heterocycles. The van der Waals surface area contributed by atoms with Crippen LogP contribution in [0.1, 0.15) is 18.4 Å². The van der Waals surface area contributed by atoms with Crippen LogP contribution in [0, 0.1) is 12.8 Å². The molecule has 1 aromatic carbocycles. The van der Waals surface area contributed by atoms with Crippen molar-refractivity contribution >= 4 is 5.91 Å². The van der Waals surface area contributed by atoms with Crippen molar-refractivity contribution < 1.29 is 14.3 Å². The molecule has 0 saturated carbocycles. The van der Waals surface area contributed by atoms with E-state index in [0.29, 0.717) is 19.1 Å². The third-order valence-electron chi connectivity index (χ3n) is 4.48. The fourth-order valence-electron chi connectivity index (χ4n) is 3.11. The largest absolute Gasteiger partial charge is 0.497 e. The average molecular weight is 343 g/mol. The lowest BCUT2D eigenvalue weighted by molar-refractivity contribution is -0.134. The zero-order valence-corrected chi connectivity index (χ0v) is 14.9. The second-order valence-electron chi connectivity index (χ2n) is 6.55. The summed E-state index contributed by atoms with van der Waals surface area (Å²) in [5.41, 5.74) is 1.07. The van der Waals surface area contributed by atoms with Crippen LogP contribution in [0.15, 0.2) is 36.7 Å². The zero-order valence-electron chi connectivity index (χ0n) is 14.9. The summed E-state index contributed by atoms with van der Waals surface area (Å²) in [7, 11) is 1.65. The molecular formula is C19H25N3O3. The molecule has 2 heterocycles. The molecule has 1 aromatic heterocycles. The van der Waals surface area contributed by atoms with E-state index in [1.807, 2.05) is 42.3 Å². The molecule has 1 aliphatic rings. The maximum Gasteiger partial charge on any atom is 0.244 e. The molecule has 3 rings (SSSR count). The normalized spacial score (nSPS) is 17.4. The number of hydrogen-bond acceptors (Lipinski definition) is 4. The SMILES string of the molecule is COc1ccc(OCC2CCCN(C(=O)Cn3cc(C)cn3)C2)cc1. The Labute approximate surface area is 148 Å². The molecule has 1 fully saturated rings. The number of carbonyl (C=O) groups is 1. The Morgan fingerprint density at radius 1 is 1.28 bits per heavy atom. The van der Waals surface area contributed by atoms with Gasteiger partial charge in [-0.1, -0.05) is 0 Å². The summed E-state index contributed by atoms with van der Waals surface area (Å²) in [6.07, 6.45) is 5.77. The molecule has 1 saturated heterocycles. The van der Waals surface area contributed by atoms with E-state index in [1.165, 1.54) is 0 Å². The van der Waals surface area contributed by atoms with E-state index in [0.717, 1.165) is 43.0 Å². The number of aryl methyl sites for hydroxylation is 1. The molecular weight excluding hydrogens is 318 g/mol. The highest BCUT2D eigenvalue weighted by Crippen LogP contribution is 2.21. The van der Waals surface area contributed by atoms with Crippen molar-refractivity contribution in [2.45, 2.75) is 26.3 Å². The van der Waals surface area contributed by atoms with E-state index in [-0.39, 0.29) is 5.91 Å². The number of likely N-dealkylation sites (tertiary alicyclic amines) is 1. The Hall–Kier alpha value is -2.50. The van der Waals surface area contributed by atoms with Crippen LogP contribution >= 0.6 is 0 Å². The number of amides is 1. The topological polar surface area (TPSA) is 56.6 Å². The highest BCUT2D eigenvalue weighted by atomic mass is 16.5. The minimum atomic E-state index is 0.122. The minimum absolute atomic E-state index is 0.122. The average Bonchev–Trinajstić information content (AvgIpc) is 3.05. The van der Waals surface area contributed by atoms with Crippen LogP contribution in [0.25, 0.3) is 0 Å². The Morgan fingerprint density at radius 2 is 2.04 bits per heavy atom. The lowest BCUT2D eigenvalue weighted by atomic mass is 9.99. The molecule has 1 atom stereocenters. The number of carbonyl (C=O) groups excluding carboxylic acids is 1. The van der Waals surface area contributed by atoms with Gasteiger partial charge in [-0.05, 0) is 49.6 Å². The highest BCUT2D eigenvalue weighted by molar-refractivity contribution is 5.76. The number of aromatic nitrogens is 2. The fraction of sp³-hybridized carbons (Fsp3) is 0.474. The van der Waals surface area contributed by atoms with Gasteiger partial charge in [0.15, 0.2) is 0 Å². The number of nitrogens with zero attached hydrogens (tertiary/aromatic N) is 3. The zero-order chi connectivity index (χ0) is 17.6. The van der Waals surface area contributed by atoms with E-state index in [4.69, 9.17) is 9.47 Å². The maximum absolute atomic E-state index is 12.5. The van der Waals surface area contributed by atoms with Crippen molar-refractivity contribution in [3.05, 3.63) is 42.2 Å². The summed E-state index contributed by atoms with van der Waals surface area (Å²) in [5, 5.41) is 4.19. The minimum Gasteiger partial charge on any atom is -0.497 e. The van der Waals surface area contributed by atoms with Gasteiger partial charge in [-0.15, -0.1) is 0 Å². The van der Waals surface area contributed by atoms with Gasteiger partial charge < -0.3 is 14.4 Å². The lowest BCUT2D eigenvalue weighted by Crippen LogP contribution is -2.43. The van der Waals surface area contributed by atoms with Gasteiger partial charge in [-0.3, -0.25) is 9.48 Å². The Balaban J connectivity index is 1.49. The molecule has 6 nitrogen and oxygen atoms in total. The Bertz CT molecular complexity index is 696. The predicted octanol–water partition coefficient (Wildman–Crippen LogP) is 2.52. The van der Waals surface area contributed by atoms with E-state index in [9.17, 15) is 4.79 Å². The van der Waals surface area contributed by atoms with Crippen LogP contribution in [0.5, 0.6) is 11.5 Å². The van der Waals surface area contributed by atoms with Crippen molar-refractivity contribution in [1.29, 1.82) is 0 Å². The molecule has 0 bridgehead atoms. The molecule has 6 heteroatoms. The van der Waals surface area contributed by atoms with Gasteiger partial charge in [0.1, 0.15) is 18.0 Å². The fourth-order valence-corrected chi connectivity index (χ4v) is 3.11. The molecule has 25 heavy (non-hydrogen) atoms. The van der Waals surface area contributed by atoms with Gasteiger partial charge in [0.25, 0.3) is 0 Å². The summed E-state index contributed by atoms with van der Waals surface area (Å²) < 4.78 is 12.7. The van der Waals surface area contributed by atoms with Gasteiger partial charge in [0.05, 0.1) is 19.9 Å². The second-order valence-corrected chi connectivity index (χ2v) is 6.55. The van der Waals surface area contributed by atoms with Crippen molar-refractivity contribution in [2.75, 3.05) is 26.8 Å². The Morgan fingerprint density at radius 3 is 2.72 bits per heavy atom. The van der Waals surface area contributed by atoms with E-state index < -0.39 is 0 Å². The van der Waals surface area contributed by atoms with Crippen LogP contribution in [0.3, 0.4) is 0 Å². The smallest absolute Gasteiger partial charge is 0.244 e. The van der Waals surface area contributed by atoms with Crippen LogP contribution in [0.2, 0.25) is 0 Å². The second kappa shape index (κ2) is 8.05. The van der Waals surface area contributed by atoms with E-state index in [1.54, 1.807) is 18.0 Å². The standard InChI is InChI=1S/C19H25N3O3/c1-15-10-20-22(11-15)13-19(23)21-9-3-4-16(12-21)14-25-18-7-5-17(24-2)6-8-18/h5-8,10-11,16H,3-4,9,12-14H2,1-2H3. The van der Waals surface area contributed by atoms with Gasteiger partial charge >= 0.3 is 0 Å². The summed E-state index contributed by atoms with van der Waals surface area (Å²) in [6, 6.07) is 7.59. The first kappa shape index (κ1) is 17.3. The van der Waals surface area contributed by atoms with Gasteiger partial charge in [-0.25, -0.2) is 0 Å². The van der Waals surface area contributed by atoms with Crippen molar-refractivity contribution in [1.82, 2.24) is 14.7 Å². The number of piperidine rings is 1. The summed E-state index contributed by atoms with van der Waals surface area (Å²) in [4.78, 5) is 14.4. The third-order valence-corrected chi connectivity index (χ3v) is 4.48. The number of hydrogen-bond donors (Lipinski definition) is 0. The maximum atomic E-state index is 12.5. The molecule has 1 amide bonds. The van der Waals surface area contributed by atoms with Crippen LogP contribution < -0.4 is 9.47 Å². The molecule has 0 aliphatic carbocycles. The summed E-state index contributed by atoms with van der Waals surface area (Å²) in [6.45, 7) is 4.46. The van der Waals surface area contributed by atoms with Gasteiger partial charge in [-0.2, -0.15) is 5.10 Å². The van der Waals surface area contributed by atoms with Gasteiger partial charge in [0.2, 0.25) is 5.91 Å². The van der Waals surface area contributed by atoms with Crippen LogP contribution in [0.4, 0.5) is 0 Å². The Kier molecular flexibility index (Phi) is 5.58. The first-order valence-electron chi connectivity index (χ1n) is 8.67. The highest BCUT2D eigenvalue weighted by Gasteiger charge is 2.24. The number of methoxy groups -OCH3 is 1. The molecule has 0 radical (unpaired) electrons. The van der Waals surface area contributed by atoms with Crippen molar-refractivity contribution in [3.8, 4) is 11.5 Å². The quantitative estimate of drug-likeness (QED) is 0.809. The first-order valence-corrected chi connectivity index (χ1v) is 8.67. The van der Waals surface area contributed by atoms with E-state index in [2.05, 4.69) is 5.10 Å². The summed E-state index contributed by atoms with van der Waals surface area (Å²) in [5.74, 6) is 2.13. The lowest BCUT2D eigenvalue weighted by Gasteiger charge is -2.32. The predicted molar refractivity (Wildman–Crippen MR) is 94.8 cm³/mol. The molecule has 0 spiro atoms. The molecule has 2 aromatic rings. The van der Waals surface area contributed by atoms with Crippen LogP contribution in [-0.4, -0.2) is 47.4 Å². The number of ether oxygens (including phenoxy) is 2. The van der Waals surface area contributed by atoms with Crippen molar-refractivity contribution in [2.24, 2.45) is 5.92 Å². The van der Waals surface area contributed by atoms with Gasteiger partial charge in [0, 0.05) is 25.2 Å².